The Bertz CT molecular complexity index is 693. The Labute approximate surface area is 143 Å². The molecule has 0 saturated heterocycles. The third-order valence-corrected chi connectivity index (χ3v) is 6.97. The van der Waals surface area contributed by atoms with Gasteiger partial charge in [-0.1, -0.05) is 18.6 Å². The van der Waals surface area contributed by atoms with Crippen molar-refractivity contribution in [2.45, 2.75) is 51.1 Å². The summed E-state index contributed by atoms with van der Waals surface area (Å²) in [6, 6.07) is 9.87. The number of hydrogen-bond acceptors (Lipinski definition) is 3. The van der Waals surface area contributed by atoms with Gasteiger partial charge >= 0.3 is 0 Å². The fourth-order valence-corrected chi connectivity index (χ4v) is 5.93. The molecule has 2 bridgehead atoms. The maximum atomic E-state index is 4.19. The minimum Gasteiger partial charge on any atom is -0.307 e. The zero-order chi connectivity index (χ0) is 16.1. The molecule has 0 unspecified atom stereocenters. The second kappa shape index (κ2) is 5.69. The molecule has 3 fully saturated rings. The molecule has 2 aromatic rings. The van der Waals surface area contributed by atoms with Gasteiger partial charge in [0.25, 0.3) is 0 Å². The van der Waals surface area contributed by atoms with E-state index in [1.807, 2.05) is 0 Å². The number of rotatable bonds is 4. The lowest BCUT2D eigenvalue weighted by Crippen LogP contribution is -2.40. The molecule has 1 N–H and O–H groups in total. The van der Waals surface area contributed by atoms with Crippen LogP contribution >= 0.6 is 0 Å². The van der Waals surface area contributed by atoms with Crippen molar-refractivity contribution in [1.29, 1.82) is 0 Å². The molecular weight excluding hydrogens is 296 g/mol. The normalized spacial score (nSPS) is 35.3. The van der Waals surface area contributed by atoms with Crippen LogP contribution < -0.4 is 5.32 Å². The topological polar surface area (TPSA) is 42.7 Å². The molecule has 1 heterocycles. The summed E-state index contributed by atoms with van der Waals surface area (Å²) in [6.45, 7) is 2.31. The van der Waals surface area contributed by atoms with Crippen molar-refractivity contribution in [2.75, 3.05) is 0 Å². The molecule has 0 amide bonds. The molecule has 4 heteroatoms. The van der Waals surface area contributed by atoms with Crippen LogP contribution in [-0.2, 0) is 0 Å². The van der Waals surface area contributed by atoms with Crippen molar-refractivity contribution in [2.24, 2.45) is 23.7 Å². The monoisotopic (exact) mass is 322 g/mol. The molecular formula is C20H26N4. The van der Waals surface area contributed by atoms with Gasteiger partial charge in [-0.25, -0.2) is 9.67 Å². The van der Waals surface area contributed by atoms with Gasteiger partial charge in [0.05, 0.1) is 5.69 Å². The molecule has 3 aliphatic carbocycles. The van der Waals surface area contributed by atoms with Crippen LogP contribution in [0, 0.1) is 23.7 Å². The summed E-state index contributed by atoms with van der Waals surface area (Å²) in [6.07, 6.45) is 10.7. The minimum atomic E-state index is 0.416. The van der Waals surface area contributed by atoms with Crippen LogP contribution in [0.25, 0.3) is 5.69 Å². The van der Waals surface area contributed by atoms with Gasteiger partial charge in [-0.3, -0.25) is 0 Å². The van der Waals surface area contributed by atoms with Gasteiger partial charge in [0.1, 0.15) is 12.7 Å². The molecule has 24 heavy (non-hydrogen) atoms. The van der Waals surface area contributed by atoms with E-state index in [1.165, 1.54) is 37.7 Å². The van der Waals surface area contributed by atoms with Crippen LogP contribution in [-0.4, -0.2) is 20.8 Å². The van der Waals surface area contributed by atoms with Crippen molar-refractivity contribution in [3.63, 3.8) is 0 Å². The summed E-state index contributed by atoms with van der Waals surface area (Å²) in [5, 5.41) is 8.15. The van der Waals surface area contributed by atoms with Gasteiger partial charge in [-0.05, 0) is 74.0 Å². The van der Waals surface area contributed by atoms with Crippen molar-refractivity contribution >= 4 is 0 Å². The maximum Gasteiger partial charge on any atom is 0.138 e. The molecule has 5 rings (SSSR count). The molecule has 1 aromatic heterocycles. The molecule has 6 atom stereocenters. The molecule has 4 nitrogen and oxygen atoms in total. The molecule has 0 aliphatic heterocycles. The van der Waals surface area contributed by atoms with E-state index in [1.54, 1.807) is 17.3 Å². The smallest absolute Gasteiger partial charge is 0.138 e. The van der Waals surface area contributed by atoms with E-state index in [4.69, 9.17) is 0 Å². The maximum absolute atomic E-state index is 4.19. The molecule has 0 radical (unpaired) electrons. The fraction of sp³-hybridized carbons (Fsp3) is 0.600. The van der Waals surface area contributed by atoms with Gasteiger partial charge in [-0.2, -0.15) is 5.10 Å². The lowest BCUT2D eigenvalue weighted by atomic mass is 9.79. The zero-order valence-corrected chi connectivity index (χ0v) is 14.3. The lowest BCUT2D eigenvalue weighted by Gasteiger charge is -2.34. The van der Waals surface area contributed by atoms with Crippen LogP contribution in [0.1, 0.15) is 50.6 Å². The van der Waals surface area contributed by atoms with Gasteiger partial charge in [0.2, 0.25) is 0 Å². The van der Waals surface area contributed by atoms with Crippen LogP contribution in [0.5, 0.6) is 0 Å². The Hall–Kier alpha value is -1.68. The Balaban J connectivity index is 1.27. The van der Waals surface area contributed by atoms with E-state index < -0.39 is 0 Å². The highest BCUT2D eigenvalue weighted by atomic mass is 15.3. The number of aromatic nitrogens is 3. The highest BCUT2D eigenvalue weighted by Crippen LogP contribution is 2.58. The highest BCUT2D eigenvalue weighted by Gasteiger charge is 2.53. The summed E-state index contributed by atoms with van der Waals surface area (Å²) >= 11 is 0. The van der Waals surface area contributed by atoms with Gasteiger partial charge in [0, 0.05) is 12.1 Å². The first kappa shape index (κ1) is 14.6. The van der Waals surface area contributed by atoms with E-state index in [0.717, 1.165) is 35.4 Å². The Morgan fingerprint density at radius 1 is 1.08 bits per heavy atom. The molecule has 3 saturated carbocycles. The SMILES string of the molecule is C[C@H](N[C@@H]1C[C@H]2C[C@H]1[C@H]1CCC[C@@H]21)c1ccc(-n2cncn2)cc1. The Morgan fingerprint density at radius 2 is 1.92 bits per heavy atom. The molecule has 1 aromatic carbocycles. The standard InChI is InChI=1S/C20H26N4/c1-13(14-5-7-16(8-6-14)24-12-21-11-22-24)23-20-10-15-9-19(20)18-4-2-3-17(15)18/h5-8,11-13,15,17-20,23H,2-4,9-10H2,1H3/t13-,15+,17-,18-,19-,20+/m0/s1. The first-order valence-corrected chi connectivity index (χ1v) is 9.50. The van der Waals surface area contributed by atoms with Crippen molar-refractivity contribution in [1.82, 2.24) is 20.1 Å². The van der Waals surface area contributed by atoms with Gasteiger partial charge in [-0.15, -0.1) is 0 Å². The van der Waals surface area contributed by atoms with Gasteiger partial charge in [0.15, 0.2) is 0 Å². The Kier molecular flexibility index (Phi) is 3.47. The van der Waals surface area contributed by atoms with Crippen LogP contribution in [0.2, 0.25) is 0 Å². The fourth-order valence-electron chi connectivity index (χ4n) is 5.93. The van der Waals surface area contributed by atoms with E-state index in [2.05, 4.69) is 46.6 Å². The van der Waals surface area contributed by atoms with E-state index >= 15 is 0 Å². The minimum absolute atomic E-state index is 0.416. The number of benzene rings is 1. The lowest BCUT2D eigenvalue weighted by molar-refractivity contribution is 0.200. The first-order valence-electron chi connectivity index (χ1n) is 9.50. The van der Waals surface area contributed by atoms with E-state index in [9.17, 15) is 0 Å². The van der Waals surface area contributed by atoms with Crippen LogP contribution in [0.15, 0.2) is 36.9 Å². The summed E-state index contributed by atoms with van der Waals surface area (Å²) in [5.74, 6) is 4.06. The zero-order valence-electron chi connectivity index (χ0n) is 14.3. The summed E-state index contributed by atoms with van der Waals surface area (Å²) in [4.78, 5) is 4.01. The average Bonchev–Trinajstić information content (AvgIpc) is 3.36. The number of fused-ring (bicyclic) bond motifs is 5. The quantitative estimate of drug-likeness (QED) is 0.932. The summed E-state index contributed by atoms with van der Waals surface area (Å²) in [7, 11) is 0. The summed E-state index contributed by atoms with van der Waals surface area (Å²) in [5.41, 5.74) is 2.43. The van der Waals surface area contributed by atoms with Crippen LogP contribution in [0.4, 0.5) is 0 Å². The number of nitrogens with one attached hydrogen (secondary N) is 1. The van der Waals surface area contributed by atoms with E-state index in [-0.39, 0.29) is 0 Å². The predicted molar refractivity (Wildman–Crippen MR) is 93.7 cm³/mol. The van der Waals surface area contributed by atoms with Crippen molar-refractivity contribution in [3.8, 4) is 5.69 Å². The van der Waals surface area contributed by atoms with Crippen LogP contribution in [0.3, 0.4) is 0 Å². The average molecular weight is 322 g/mol. The van der Waals surface area contributed by atoms with Crippen molar-refractivity contribution in [3.05, 3.63) is 42.5 Å². The first-order chi connectivity index (χ1) is 11.8. The predicted octanol–water partition coefficient (Wildman–Crippen LogP) is 3.74. The van der Waals surface area contributed by atoms with Crippen molar-refractivity contribution < 1.29 is 0 Å². The second-order valence-electron chi connectivity index (χ2n) is 8.08. The molecule has 3 aliphatic rings. The second-order valence-corrected chi connectivity index (χ2v) is 8.08. The van der Waals surface area contributed by atoms with E-state index in [0.29, 0.717) is 6.04 Å². The number of hydrogen-bond donors (Lipinski definition) is 1. The molecule has 126 valence electrons. The van der Waals surface area contributed by atoms with Gasteiger partial charge < -0.3 is 5.32 Å². The number of nitrogens with zero attached hydrogens (tertiary/aromatic N) is 3. The third-order valence-electron chi connectivity index (χ3n) is 6.97. The molecule has 0 spiro atoms. The summed E-state index contributed by atoms with van der Waals surface area (Å²) < 4.78 is 1.80. The largest absolute Gasteiger partial charge is 0.307 e. The Morgan fingerprint density at radius 3 is 2.71 bits per heavy atom. The third kappa shape index (κ3) is 2.31. The highest BCUT2D eigenvalue weighted by molar-refractivity contribution is 5.34.